The lowest BCUT2D eigenvalue weighted by atomic mass is 9.73. The molecule has 2 saturated heterocycles. The van der Waals surface area contributed by atoms with Crippen LogP contribution >= 0.6 is 0 Å². The van der Waals surface area contributed by atoms with E-state index in [1.807, 2.05) is 10.6 Å². The van der Waals surface area contributed by atoms with Crippen molar-refractivity contribution in [2.45, 2.75) is 114 Å². The van der Waals surface area contributed by atoms with E-state index >= 15 is 0 Å². The number of fused-ring (bicyclic) bond motifs is 5. The van der Waals surface area contributed by atoms with Gasteiger partial charge in [-0.3, -0.25) is 9.69 Å². The van der Waals surface area contributed by atoms with Gasteiger partial charge in [0.2, 0.25) is 5.71 Å². The predicted octanol–water partition coefficient (Wildman–Crippen LogP) is 3.92. The van der Waals surface area contributed by atoms with Crippen molar-refractivity contribution in [3.8, 4) is 0 Å². The molecule has 2 aliphatic heterocycles. The minimum absolute atomic E-state index is 0.00146. The molecular weight excluding hydrogens is 496 g/mol. The molecule has 212 valence electrons. The Bertz CT molecular complexity index is 1160. The van der Waals surface area contributed by atoms with Crippen LogP contribution in [0.2, 0.25) is 0 Å². The van der Waals surface area contributed by atoms with E-state index in [0.29, 0.717) is 24.5 Å². The standard InChI is InChI=1S/C30H42N4O5/c35-12-13-39-32-28(30(37)38)27-29(36)34(26-11-4-3-10-25(26)31-27)24-17-21-8-5-9-22(18-24)33(21)23-15-19-6-1-2-7-20(14-19)16-23/h4,11,19-24,35H,1-3,5-10,12-18H2,(H,37,38). The van der Waals surface area contributed by atoms with Crippen molar-refractivity contribution in [2.24, 2.45) is 17.0 Å². The maximum Gasteiger partial charge on any atom is 0.360 e. The third-order valence-corrected chi connectivity index (χ3v) is 9.96. The normalized spacial score (nSPS) is 32.8. The van der Waals surface area contributed by atoms with Crippen molar-refractivity contribution in [3.05, 3.63) is 33.5 Å². The van der Waals surface area contributed by atoms with Gasteiger partial charge in [-0.1, -0.05) is 43.3 Å². The highest BCUT2D eigenvalue weighted by atomic mass is 16.6. The van der Waals surface area contributed by atoms with E-state index < -0.39 is 17.2 Å². The monoisotopic (exact) mass is 538 g/mol. The summed E-state index contributed by atoms with van der Waals surface area (Å²) in [6.07, 6.45) is 20.6. The van der Waals surface area contributed by atoms with E-state index in [9.17, 15) is 14.7 Å². The number of oxime groups is 1. The average molecular weight is 539 g/mol. The second kappa shape index (κ2) is 11.5. The molecule has 9 nitrogen and oxygen atoms in total. The van der Waals surface area contributed by atoms with Crippen molar-refractivity contribution in [1.82, 2.24) is 14.5 Å². The van der Waals surface area contributed by atoms with Gasteiger partial charge in [-0.05, 0) is 75.7 Å². The number of allylic oxidation sites excluding steroid dienone is 1. The van der Waals surface area contributed by atoms with Crippen LogP contribution in [0.25, 0.3) is 6.08 Å². The molecule has 4 fully saturated rings. The fourth-order valence-electron chi connectivity index (χ4n) is 8.54. The van der Waals surface area contributed by atoms with Crippen LogP contribution in [0.5, 0.6) is 0 Å². The van der Waals surface area contributed by atoms with Gasteiger partial charge in [-0.2, -0.15) is 0 Å². The first kappa shape index (κ1) is 26.7. The van der Waals surface area contributed by atoms with Gasteiger partial charge >= 0.3 is 5.97 Å². The summed E-state index contributed by atoms with van der Waals surface area (Å²) >= 11 is 0. The fraction of sp³-hybridized carbons (Fsp3) is 0.733. The van der Waals surface area contributed by atoms with Crippen molar-refractivity contribution >= 4 is 17.8 Å². The smallest absolute Gasteiger partial charge is 0.360 e. The number of aromatic nitrogens is 2. The minimum Gasteiger partial charge on any atom is -0.476 e. The van der Waals surface area contributed by atoms with Gasteiger partial charge in [0, 0.05) is 24.2 Å². The van der Waals surface area contributed by atoms with Crippen LogP contribution in [0.1, 0.15) is 107 Å². The van der Waals surface area contributed by atoms with Gasteiger partial charge < -0.3 is 19.6 Å². The summed E-state index contributed by atoms with van der Waals surface area (Å²) in [4.78, 5) is 38.5. The highest BCUT2D eigenvalue weighted by molar-refractivity contribution is 6.41. The number of aliphatic hydroxyl groups is 1. The Labute approximate surface area is 229 Å². The van der Waals surface area contributed by atoms with Gasteiger partial charge in [-0.15, -0.1) is 0 Å². The molecule has 3 heterocycles. The molecule has 6 rings (SSSR count). The number of hydrogen-bond donors (Lipinski definition) is 2. The van der Waals surface area contributed by atoms with Crippen LogP contribution in [0.15, 0.2) is 16.0 Å². The van der Waals surface area contributed by atoms with Gasteiger partial charge in [0.15, 0.2) is 5.69 Å². The van der Waals surface area contributed by atoms with Crippen LogP contribution in [0, 0.1) is 11.8 Å². The third-order valence-electron chi connectivity index (χ3n) is 9.96. The first-order valence-electron chi connectivity index (χ1n) is 15.2. The molecule has 2 saturated carbocycles. The summed E-state index contributed by atoms with van der Waals surface area (Å²) in [5, 5.41) is 22.6. The number of hydrogen-bond acceptors (Lipinski definition) is 7. The van der Waals surface area contributed by atoms with E-state index in [1.165, 1.54) is 64.2 Å². The van der Waals surface area contributed by atoms with Crippen LogP contribution in [-0.2, 0) is 16.1 Å². The molecule has 0 radical (unpaired) electrons. The lowest BCUT2D eigenvalue weighted by Gasteiger charge is -2.54. The Morgan fingerprint density at radius 2 is 1.69 bits per heavy atom. The Hall–Kier alpha value is -2.52. The molecule has 9 heteroatoms. The Morgan fingerprint density at radius 1 is 0.974 bits per heavy atom. The molecule has 2 N–H and O–H groups in total. The zero-order valence-corrected chi connectivity index (χ0v) is 22.8. The topological polar surface area (TPSA) is 117 Å². The molecule has 4 bridgehead atoms. The minimum atomic E-state index is -1.36. The summed E-state index contributed by atoms with van der Waals surface area (Å²) in [5.41, 5.74) is 0.484. The number of carbonyl (C=O) groups is 1. The molecule has 0 amide bonds. The zero-order chi connectivity index (χ0) is 26.9. The van der Waals surface area contributed by atoms with Crippen LogP contribution < -0.4 is 5.56 Å². The molecule has 4 unspecified atom stereocenters. The van der Waals surface area contributed by atoms with Gasteiger partial charge in [0.25, 0.3) is 5.56 Å². The Morgan fingerprint density at radius 3 is 2.36 bits per heavy atom. The lowest BCUT2D eigenvalue weighted by molar-refractivity contribution is -0.129. The maximum absolute atomic E-state index is 14.0. The molecule has 0 spiro atoms. The molecule has 1 aromatic heterocycles. The molecule has 0 aromatic carbocycles. The quantitative estimate of drug-likeness (QED) is 0.307. The average Bonchev–Trinajstić information content (AvgIpc) is 3.09. The summed E-state index contributed by atoms with van der Waals surface area (Å²) < 4.78 is 1.85. The SMILES string of the molecule is O=C(O)C(=NOCCO)c1nc2c(n(C3CC4CCCC(C3)N4C3CC4CCCCC(C4)C3)c1=O)C=CCC2. The Balaban J connectivity index is 1.33. The number of aliphatic carboxylic acids is 1. The number of rotatable bonds is 7. The molecule has 5 aliphatic rings. The van der Waals surface area contributed by atoms with Crippen molar-refractivity contribution < 1.29 is 19.8 Å². The maximum atomic E-state index is 14.0. The molecule has 4 atom stereocenters. The van der Waals surface area contributed by atoms with Gasteiger partial charge in [-0.25, -0.2) is 9.78 Å². The summed E-state index contributed by atoms with van der Waals surface area (Å²) in [5.74, 6) is 0.388. The molecular formula is C30H42N4O5. The number of aryl methyl sites for hydroxylation is 1. The number of nitrogens with zero attached hydrogens (tertiary/aromatic N) is 4. The number of carboxylic acid groups (broad SMARTS) is 1. The molecule has 39 heavy (non-hydrogen) atoms. The first-order chi connectivity index (χ1) is 19.0. The van der Waals surface area contributed by atoms with Gasteiger partial charge in [0.1, 0.15) is 6.61 Å². The van der Waals surface area contributed by atoms with Crippen LogP contribution in [-0.4, -0.2) is 67.7 Å². The predicted molar refractivity (Wildman–Crippen MR) is 148 cm³/mol. The van der Waals surface area contributed by atoms with E-state index in [-0.39, 0.29) is 24.9 Å². The second-order valence-electron chi connectivity index (χ2n) is 12.4. The van der Waals surface area contributed by atoms with E-state index in [0.717, 1.165) is 42.5 Å². The van der Waals surface area contributed by atoms with Crippen LogP contribution in [0.3, 0.4) is 0 Å². The van der Waals surface area contributed by atoms with Crippen molar-refractivity contribution in [3.63, 3.8) is 0 Å². The highest BCUT2D eigenvalue weighted by Crippen LogP contribution is 2.47. The van der Waals surface area contributed by atoms with Gasteiger partial charge in [0.05, 0.1) is 18.0 Å². The lowest BCUT2D eigenvalue weighted by Crippen LogP contribution is -2.58. The highest BCUT2D eigenvalue weighted by Gasteiger charge is 2.45. The molecule has 1 aromatic rings. The van der Waals surface area contributed by atoms with E-state index in [4.69, 9.17) is 9.94 Å². The Kier molecular flexibility index (Phi) is 7.89. The zero-order valence-electron chi connectivity index (χ0n) is 22.8. The first-order valence-corrected chi connectivity index (χ1v) is 15.2. The van der Waals surface area contributed by atoms with E-state index in [1.54, 1.807) is 0 Å². The fourth-order valence-corrected chi connectivity index (χ4v) is 8.54. The van der Waals surface area contributed by atoms with Crippen molar-refractivity contribution in [2.75, 3.05) is 13.2 Å². The second-order valence-corrected chi connectivity index (χ2v) is 12.4. The largest absolute Gasteiger partial charge is 0.476 e. The third kappa shape index (κ3) is 5.32. The summed E-state index contributed by atoms with van der Waals surface area (Å²) in [6.45, 7) is -0.448. The number of carboxylic acids is 1. The number of aliphatic hydroxyl groups excluding tert-OH is 1. The van der Waals surface area contributed by atoms with Crippen LogP contribution in [0.4, 0.5) is 0 Å². The van der Waals surface area contributed by atoms with E-state index in [2.05, 4.69) is 21.1 Å². The number of piperidine rings is 2. The summed E-state index contributed by atoms with van der Waals surface area (Å²) in [6, 6.07) is 1.58. The summed E-state index contributed by atoms with van der Waals surface area (Å²) in [7, 11) is 0. The van der Waals surface area contributed by atoms with Crippen molar-refractivity contribution in [1.29, 1.82) is 0 Å². The molecule has 3 aliphatic carbocycles.